The predicted molar refractivity (Wildman–Crippen MR) is 172 cm³/mol. The molecule has 4 heteroatoms. The van der Waals surface area contributed by atoms with Crippen molar-refractivity contribution >= 4 is 53.8 Å². The van der Waals surface area contributed by atoms with Crippen molar-refractivity contribution in [2.45, 2.75) is 5.41 Å². The molecule has 6 aromatic carbocycles. The maximum Gasteiger partial charge on any atom is 0.136 e. The van der Waals surface area contributed by atoms with Crippen LogP contribution in [0.15, 0.2) is 135 Å². The van der Waals surface area contributed by atoms with Crippen LogP contribution in [0.5, 0.6) is 11.5 Å². The molecule has 7 aromatic rings. The summed E-state index contributed by atoms with van der Waals surface area (Å²) in [6.45, 7) is 0. The van der Waals surface area contributed by atoms with Gasteiger partial charge in [0.2, 0.25) is 0 Å². The van der Waals surface area contributed by atoms with Gasteiger partial charge >= 0.3 is 0 Å². The summed E-state index contributed by atoms with van der Waals surface area (Å²) in [5.41, 5.74) is 10.4. The number of para-hydroxylation sites is 2. The number of rotatable bonds is 0. The Morgan fingerprint density at radius 2 is 1.07 bits per heavy atom. The van der Waals surface area contributed by atoms with E-state index in [0.717, 1.165) is 53.5 Å². The van der Waals surface area contributed by atoms with E-state index < -0.39 is 5.41 Å². The third-order valence-corrected chi connectivity index (χ3v) is 9.66. The first kappa shape index (κ1) is 23.6. The first-order valence-electron chi connectivity index (χ1n) is 13.6. The lowest BCUT2D eigenvalue weighted by Crippen LogP contribution is -2.34. The maximum absolute atomic E-state index is 6.77. The summed E-state index contributed by atoms with van der Waals surface area (Å²) in [6.07, 6.45) is 0. The van der Waals surface area contributed by atoms with Gasteiger partial charge in [0.25, 0.3) is 0 Å². The number of hydrogen-bond acceptors (Lipinski definition) is 2. The smallest absolute Gasteiger partial charge is 0.136 e. The van der Waals surface area contributed by atoms with Crippen molar-refractivity contribution in [3.63, 3.8) is 0 Å². The molecule has 0 unspecified atom stereocenters. The highest BCUT2D eigenvalue weighted by atomic mass is 79.9. The number of ether oxygens (including phenoxy) is 1. The molecule has 0 N–H and O–H groups in total. The van der Waals surface area contributed by atoms with Gasteiger partial charge in [-0.1, -0.05) is 105 Å². The highest BCUT2D eigenvalue weighted by molar-refractivity contribution is 9.10. The second-order valence-electron chi connectivity index (χ2n) is 10.7. The molecule has 1 aromatic heterocycles. The van der Waals surface area contributed by atoms with Crippen molar-refractivity contribution in [1.29, 1.82) is 0 Å². The number of fused-ring (bicyclic) bond motifs is 14. The predicted octanol–water partition coefficient (Wildman–Crippen LogP) is 11.2. The van der Waals surface area contributed by atoms with Crippen LogP contribution in [0, 0.1) is 0 Å². The number of furan rings is 1. The van der Waals surface area contributed by atoms with Crippen LogP contribution in [0.4, 0.5) is 0 Å². The van der Waals surface area contributed by atoms with Crippen LogP contribution in [0.25, 0.3) is 44.2 Å². The fraction of sp³-hybridized carbons (Fsp3) is 0.0270. The Labute approximate surface area is 253 Å². The Bertz CT molecular complexity index is 2150. The van der Waals surface area contributed by atoms with Crippen molar-refractivity contribution in [2.75, 3.05) is 0 Å². The average molecular weight is 656 g/mol. The third-order valence-electron chi connectivity index (χ3n) is 8.67. The minimum absolute atomic E-state index is 0.686. The van der Waals surface area contributed by atoms with E-state index in [1.807, 2.05) is 12.1 Å². The summed E-state index contributed by atoms with van der Waals surface area (Å²) < 4.78 is 15.3. The van der Waals surface area contributed by atoms with Gasteiger partial charge in [0.15, 0.2) is 0 Å². The van der Waals surface area contributed by atoms with Gasteiger partial charge in [0, 0.05) is 30.8 Å². The van der Waals surface area contributed by atoms with E-state index in [-0.39, 0.29) is 0 Å². The molecule has 41 heavy (non-hydrogen) atoms. The van der Waals surface area contributed by atoms with Crippen LogP contribution in [-0.2, 0) is 5.41 Å². The minimum atomic E-state index is -0.686. The molecule has 0 fully saturated rings. The second kappa shape index (κ2) is 8.45. The number of halogens is 2. The summed E-state index contributed by atoms with van der Waals surface area (Å²) >= 11 is 7.69. The Balaban J connectivity index is 1.55. The van der Waals surface area contributed by atoms with Crippen LogP contribution in [-0.4, -0.2) is 0 Å². The van der Waals surface area contributed by atoms with Crippen molar-refractivity contribution in [1.82, 2.24) is 0 Å². The van der Waals surface area contributed by atoms with Crippen LogP contribution in [0.1, 0.15) is 22.3 Å². The van der Waals surface area contributed by atoms with E-state index in [0.29, 0.717) is 0 Å². The molecule has 2 aliphatic rings. The van der Waals surface area contributed by atoms with E-state index in [2.05, 4.69) is 141 Å². The summed E-state index contributed by atoms with van der Waals surface area (Å²) in [5, 5.41) is 2.14. The van der Waals surface area contributed by atoms with Crippen molar-refractivity contribution in [2.24, 2.45) is 0 Å². The summed E-state index contributed by atoms with van der Waals surface area (Å²) in [7, 11) is 0. The van der Waals surface area contributed by atoms with Crippen LogP contribution in [0.2, 0.25) is 0 Å². The number of benzene rings is 6. The lowest BCUT2D eigenvalue weighted by molar-refractivity contribution is 0.435. The first-order valence-corrected chi connectivity index (χ1v) is 15.1. The lowest BCUT2D eigenvalue weighted by atomic mass is 9.62. The van der Waals surface area contributed by atoms with Crippen molar-refractivity contribution < 1.29 is 9.15 Å². The third kappa shape index (κ3) is 3.12. The van der Waals surface area contributed by atoms with Gasteiger partial charge in [-0.15, -0.1) is 0 Å². The molecular weight excluding hydrogens is 636 g/mol. The second-order valence-corrected chi connectivity index (χ2v) is 12.5. The average Bonchev–Trinajstić information content (AvgIpc) is 3.32. The topological polar surface area (TPSA) is 22.4 Å². The van der Waals surface area contributed by atoms with E-state index in [1.54, 1.807) is 0 Å². The standard InChI is InChI=1S/C37H20Br2O2/c38-21-13-15-25-23-7-1-2-8-24(23)26-16-14-22(39)18-31(26)37(30(25)17-21)29-10-4-6-12-34(29)41-36-19-28-27-9-3-5-11-33(27)40-35(28)20-32(36)37/h1-20H. The highest BCUT2D eigenvalue weighted by Crippen LogP contribution is 2.62. The SMILES string of the molecule is Brc1ccc2c(c1)C1(c3ccccc3Oc3cc4c(cc31)oc1ccccc14)c1cc(Br)ccc1-c1ccccc1-2. The van der Waals surface area contributed by atoms with Crippen LogP contribution >= 0.6 is 31.9 Å². The van der Waals surface area contributed by atoms with E-state index >= 15 is 0 Å². The molecule has 0 atom stereocenters. The Hall–Kier alpha value is -4.12. The molecule has 2 heterocycles. The van der Waals surface area contributed by atoms with E-state index in [1.165, 1.54) is 33.4 Å². The molecule has 9 rings (SSSR count). The summed E-state index contributed by atoms with van der Waals surface area (Å²) in [5.74, 6) is 1.69. The molecule has 1 aliphatic heterocycles. The maximum atomic E-state index is 6.77. The van der Waals surface area contributed by atoms with Gasteiger partial charge in [-0.25, -0.2) is 0 Å². The fourth-order valence-corrected chi connectivity index (χ4v) is 7.78. The molecule has 0 bridgehead atoms. The zero-order chi connectivity index (χ0) is 27.3. The Morgan fingerprint density at radius 3 is 1.80 bits per heavy atom. The Morgan fingerprint density at radius 1 is 0.439 bits per heavy atom. The van der Waals surface area contributed by atoms with Gasteiger partial charge in [-0.05, 0) is 81.9 Å². The van der Waals surface area contributed by atoms with Crippen LogP contribution in [0.3, 0.4) is 0 Å². The largest absolute Gasteiger partial charge is 0.457 e. The van der Waals surface area contributed by atoms with Crippen LogP contribution < -0.4 is 4.74 Å². The van der Waals surface area contributed by atoms with E-state index in [9.17, 15) is 0 Å². The molecule has 2 nitrogen and oxygen atoms in total. The lowest BCUT2D eigenvalue weighted by Gasteiger charge is -2.42. The number of hydrogen-bond donors (Lipinski definition) is 0. The van der Waals surface area contributed by atoms with Gasteiger partial charge in [-0.2, -0.15) is 0 Å². The molecule has 0 saturated heterocycles. The molecule has 1 aliphatic carbocycles. The molecule has 0 radical (unpaired) electrons. The summed E-state index contributed by atoms with van der Waals surface area (Å²) in [4.78, 5) is 0. The molecule has 0 saturated carbocycles. The quantitative estimate of drug-likeness (QED) is 0.162. The van der Waals surface area contributed by atoms with Gasteiger partial charge in [-0.3, -0.25) is 0 Å². The first-order chi connectivity index (χ1) is 20.1. The highest BCUT2D eigenvalue weighted by Gasteiger charge is 2.49. The van der Waals surface area contributed by atoms with E-state index in [4.69, 9.17) is 9.15 Å². The molecule has 0 amide bonds. The molecule has 1 spiro atoms. The van der Waals surface area contributed by atoms with Crippen molar-refractivity contribution in [3.05, 3.63) is 153 Å². The van der Waals surface area contributed by atoms with Gasteiger partial charge in [0.05, 0.1) is 5.41 Å². The normalized spacial score (nSPS) is 14.0. The van der Waals surface area contributed by atoms with Gasteiger partial charge in [0.1, 0.15) is 22.7 Å². The molecular formula is C37H20Br2O2. The molecule has 194 valence electrons. The summed E-state index contributed by atoms with van der Waals surface area (Å²) in [6, 6.07) is 43.2. The van der Waals surface area contributed by atoms with Crippen molar-refractivity contribution in [3.8, 4) is 33.8 Å². The zero-order valence-electron chi connectivity index (χ0n) is 21.6. The van der Waals surface area contributed by atoms with Gasteiger partial charge < -0.3 is 9.15 Å². The Kier molecular flexibility index (Phi) is 4.86. The minimum Gasteiger partial charge on any atom is -0.457 e. The zero-order valence-corrected chi connectivity index (χ0v) is 24.8. The monoisotopic (exact) mass is 654 g/mol. The fourth-order valence-electron chi connectivity index (χ4n) is 7.06.